The molecule has 2 heterocycles. The molecular formula is C15H13FN4O2S. The summed E-state index contributed by atoms with van der Waals surface area (Å²) in [4.78, 5) is 29.4. The van der Waals surface area contributed by atoms with E-state index in [4.69, 9.17) is 0 Å². The summed E-state index contributed by atoms with van der Waals surface area (Å²) in [6.45, 7) is 3.45. The summed E-state index contributed by atoms with van der Waals surface area (Å²) < 4.78 is 14.3. The molecule has 0 saturated carbocycles. The Hall–Kier alpha value is -2.74. The molecule has 0 unspecified atom stereocenters. The van der Waals surface area contributed by atoms with E-state index < -0.39 is 11.8 Å². The van der Waals surface area contributed by atoms with Gasteiger partial charge < -0.3 is 10.6 Å². The number of halogens is 1. The molecule has 0 saturated heterocycles. The highest BCUT2D eigenvalue weighted by Gasteiger charge is 2.14. The summed E-state index contributed by atoms with van der Waals surface area (Å²) in [6.07, 6.45) is 0. The SMILES string of the molecule is Cc1nc2scc(C)n2c(=O)c1NC(=O)Nc1ccc(F)cc1. The van der Waals surface area contributed by atoms with Crippen LogP contribution in [-0.4, -0.2) is 15.4 Å². The van der Waals surface area contributed by atoms with Crippen LogP contribution in [-0.2, 0) is 0 Å². The van der Waals surface area contributed by atoms with Crippen molar-refractivity contribution in [1.29, 1.82) is 0 Å². The van der Waals surface area contributed by atoms with Crippen LogP contribution in [0.4, 0.5) is 20.6 Å². The van der Waals surface area contributed by atoms with Crippen LogP contribution in [0.2, 0.25) is 0 Å². The number of aromatic nitrogens is 2. The van der Waals surface area contributed by atoms with Crippen LogP contribution < -0.4 is 16.2 Å². The Morgan fingerprint density at radius 2 is 1.91 bits per heavy atom. The van der Waals surface area contributed by atoms with Gasteiger partial charge in [0.25, 0.3) is 5.56 Å². The van der Waals surface area contributed by atoms with E-state index in [0.717, 1.165) is 5.69 Å². The molecule has 0 spiro atoms. The molecule has 0 bridgehead atoms. The Kier molecular flexibility index (Phi) is 3.83. The van der Waals surface area contributed by atoms with Gasteiger partial charge in [-0.3, -0.25) is 9.20 Å². The Morgan fingerprint density at radius 1 is 1.22 bits per heavy atom. The van der Waals surface area contributed by atoms with Crippen molar-refractivity contribution >= 4 is 33.7 Å². The number of hydrogen-bond donors (Lipinski definition) is 2. The number of fused-ring (bicyclic) bond motifs is 1. The molecule has 0 aliphatic carbocycles. The number of carbonyl (C=O) groups excluding carboxylic acids is 1. The number of rotatable bonds is 2. The average Bonchev–Trinajstić information content (AvgIpc) is 2.87. The first-order valence-corrected chi connectivity index (χ1v) is 7.64. The third-order valence-electron chi connectivity index (χ3n) is 3.26. The number of nitrogens with one attached hydrogen (secondary N) is 2. The van der Waals surface area contributed by atoms with Crippen LogP contribution in [0.5, 0.6) is 0 Å². The summed E-state index contributed by atoms with van der Waals surface area (Å²) in [5.41, 5.74) is 1.39. The maximum absolute atomic E-state index is 12.9. The summed E-state index contributed by atoms with van der Waals surface area (Å²) in [5, 5.41) is 6.88. The zero-order chi connectivity index (χ0) is 16.6. The number of urea groups is 1. The minimum absolute atomic E-state index is 0.114. The summed E-state index contributed by atoms with van der Waals surface area (Å²) in [5.74, 6) is -0.396. The zero-order valence-electron chi connectivity index (χ0n) is 12.4. The van der Waals surface area contributed by atoms with Gasteiger partial charge in [0.15, 0.2) is 4.96 Å². The monoisotopic (exact) mass is 332 g/mol. The molecule has 0 radical (unpaired) electrons. The second-order valence-corrected chi connectivity index (χ2v) is 5.80. The first kappa shape index (κ1) is 15.2. The lowest BCUT2D eigenvalue weighted by Gasteiger charge is -2.09. The van der Waals surface area contributed by atoms with Crippen molar-refractivity contribution in [3.63, 3.8) is 0 Å². The van der Waals surface area contributed by atoms with Gasteiger partial charge in [0.1, 0.15) is 11.5 Å². The van der Waals surface area contributed by atoms with Gasteiger partial charge in [-0.25, -0.2) is 14.2 Å². The smallest absolute Gasteiger partial charge is 0.308 e. The van der Waals surface area contributed by atoms with Crippen LogP contribution in [0.25, 0.3) is 4.96 Å². The molecule has 23 heavy (non-hydrogen) atoms. The van der Waals surface area contributed by atoms with Crippen molar-refractivity contribution < 1.29 is 9.18 Å². The van der Waals surface area contributed by atoms with Crippen molar-refractivity contribution in [3.8, 4) is 0 Å². The maximum atomic E-state index is 12.9. The molecule has 2 N–H and O–H groups in total. The highest BCUT2D eigenvalue weighted by atomic mass is 32.1. The van der Waals surface area contributed by atoms with Gasteiger partial charge in [-0.05, 0) is 38.1 Å². The third kappa shape index (κ3) is 2.93. The molecule has 0 aliphatic rings. The lowest BCUT2D eigenvalue weighted by atomic mass is 10.3. The number of amides is 2. The van der Waals surface area contributed by atoms with Gasteiger partial charge in [-0.15, -0.1) is 11.3 Å². The fourth-order valence-corrected chi connectivity index (χ4v) is 3.04. The Balaban J connectivity index is 1.88. The number of benzene rings is 1. The van der Waals surface area contributed by atoms with Crippen LogP contribution in [0.15, 0.2) is 34.4 Å². The lowest BCUT2D eigenvalue weighted by Crippen LogP contribution is -2.27. The van der Waals surface area contributed by atoms with Crippen molar-refractivity contribution in [2.45, 2.75) is 13.8 Å². The van der Waals surface area contributed by atoms with Crippen LogP contribution in [0, 0.1) is 19.7 Å². The first-order chi connectivity index (χ1) is 11.0. The number of aryl methyl sites for hydroxylation is 2. The van der Waals surface area contributed by atoms with E-state index in [1.54, 1.807) is 13.8 Å². The van der Waals surface area contributed by atoms with E-state index in [9.17, 15) is 14.0 Å². The summed E-state index contributed by atoms with van der Waals surface area (Å²) in [7, 11) is 0. The molecule has 2 aromatic heterocycles. The molecule has 2 amide bonds. The predicted molar refractivity (Wildman–Crippen MR) is 87.9 cm³/mol. The second kappa shape index (κ2) is 5.81. The van der Waals surface area contributed by atoms with E-state index >= 15 is 0 Å². The van der Waals surface area contributed by atoms with Gasteiger partial charge in [-0.2, -0.15) is 0 Å². The summed E-state index contributed by atoms with van der Waals surface area (Å²) in [6, 6.07) is 4.74. The molecule has 0 fully saturated rings. The van der Waals surface area contributed by atoms with E-state index in [2.05, 4.69) is 15.6 Å². The molecule has 0 atom stereocenters. The fourth-order valence-electron chi connectivity index (χ4n) is 2.14. The lowest BCUT2D eigenvalue weighted by molar-refractivity contribution is 0.262. The molecule has 118 valence electrons. The predicted octanol–water partition coefficient (Wildman–Crippen LogP) is 3.16. The van der Waals surface area contributed by atoms with E-state index in [-0.39, 0.29) is 11.2 Å². The van der Waals surface area contributed by atoms with E-state index in [1.807, 2.05) is 5.38 Å². The molecule has 6 nitrogen and oxygen atoms in total. The molecule has 8 heteroatoms. The molecule has 1 aromatic carbocycles. The van der Waals surface area contributed by atoms with E-state index in [0.29, 0.717) is 16.3 Å². The molecule has 0 aliphatic heterocycles. The molecule has 3 aromatic rings. The standard InChI is InChI=1S/C15H13FN4O2S/c1-8-7-23-15-17-9(2)12(13(21)20(8)15)19-14(22)18-11-5-3-10(16)4-6-11/h3-7H,1-2H3,(H2,18,19,22). The topological polar surface area (TPSA) is 75.5 Å². The number of hydrogen-bond acceptors (Lipinski definition) is 4. The Bertz CT molecular complexity index is 947. The van der Waals surface area contributed by atoms with Crippen LogP contribution >= 0.6 is 11.3 Å². The quantitative estimate of drug-likeness (QED) is 0.757. The van der Waals surface area contributed by atoms with Crippen LogP contribution in [0.3, 0.4) is 0 Å². The first-order valence-electron chi connectivity index (χ1n) is 6.77. The highest BCUT2D eigenvalue weighted by molar-refractivity contribution is 7.15. The van der Waals surface area contributed by atoms with Crippen molar-refractivity contribution in [2.24, 2.45) is 0 Å². The van der Waals surface area contributed by atoms with Crippen molar-refractivity contribution in [3.05, 3.63) is 57.2 Å². The zero-order valence-corrected chi connectivity index (χ0v) is 13.2. The number of thiazole rings is 1. The number of carbonyl (C=O) groups is 1. The van der Waals surface area contributed by atoms with E-state index in [1.165, 1.54) is 40.0 Å². The van der Waals surface area contributed by atoms with Gasteiger partial charge >= 0.3 is 6.03 Å². The molecular weight excluding hydrogens is 319 g/mol. The minimum Gasteiger partial charge on any atom is -0.308 e. The van der Waals surface area contributed by atoms with Gasteiger partial charge in [0.2, 0.25) is 0 Å². The minimum atomic E-state index is -0.591. The summed E-state index contributed by atoms with van der Waals surface area (Å²) >= 11 is 1.36. The largest absolute Gasteiger partial charge is 0.323 e. The average molecular weight is 332 g/mol. The Morgan fingerprint density at radius 3 is 2.61 bits per heavy atom. The van der Waals surface area contributed by atoms with Gasteiger partial charge in [-0.1, -0.05) is 0 Å². The van der Waals surface area contributed by atoms with Crippen LogP contribution in [0.1, 0.15) is 11.4 Å². The number of anilines is 2. The van der Waals surface area contributed by atoms with Crippen molar-refractivity contribution in [2.75, 3.05) is 10.6 Å². The van der Waals surface area contributed by atoms with Gasteiger partial charge in [0, 0.05) is 16.8 Å². The van der Waals surface area contributed by atoms with Crippen molar-refractivity contribution in [1.82, 2.24) is 9.38 Å². The fraction of sp³-hybridized carbons (Fsp3) is 0.133. The third-order valence-corrected chi connectivity index (χ3v) is 4.21. The Labute approximate surface area is 134 Å². The number of nitrogens with zero attached hydrogens (tertiary/aromatic N) is 2. The van der Waals surface area contributed by atoms with Gasteiger partial charge in [0.05, 0.1) is 5.69 Å². The highest BCUT2D eigenvalue weighted by Crippen LogP contribution is 2.16. The molecule has 3 rings (SSSR count). The maximum Gasteiger partial charge on any atom is 0.323 e. The normalized spacial score (nSPS) is 10.7. The second-order valence-electron chi connectivity index (χ2n) is 4.96.